The van der Waals surface area contributed by atoms with E-state index in [4.69, 9.17) is 10.00 Å². The second kappa shape index (κ2) is 7.33. The number of rotatable bonds is 4. The zero-order valence-corrected chi connectivity index (χ0v) is 12.5. The Kier molecular flexibility index (Phi) is 5.22. The number of anilines is 1. The molecule has 0 unspecified atom stereocenters. The van der Waals surface area contributed by atoms with E-state index >= 15 is 0 Å². The third kappa shape index (κ3) is 4.02. The minimum absolute atomic E-state index is 0.114. The zero-order valence-electron chi connectivity index (χ0n) is 12.5. The van der Waals surface area contributed by atoms with Crippen LogP contribution in [0.4, 0.5) is 11.4 Å². The molecule has 0 atom stereocenters. The van der Waals surface area contributed by atoms with E-state index in [2.05, 4.69) is 10.5 Å². The number of hydrogen-bond donors (Lipinski definition) is 1. The third-order valence-corrected chi connectivity index (χ3v) is 3.24. The average molecular weight is 317 g/mol. The standard InChI is InChI=1S/C14H15N5O4/c1-10-2-3-11(13(8-10)19(21)22)16-17-12(9-15)14(20)18-4-6-23-7-5-18/h2-3,8,16H,4-7H2,1H3/b17-12+. The van der Waals surface area contributed by atoms with Crippen molar-refractivity contribution in [3.05, 3.63) is 33.9 Å². The van der Waals surface area contributed by atoms with E-state index in [1.54, 1.807) is 19.1 Å². The van der Waals surface area contributed by atoms with Crippen LogP contribution in [-0.4, -0.2) is 47.7 Å². The molecule has 1 saturated heterocycles. The van der Waals surface area contributed by atoms with E-state index < -0.39 is 10.8 Å². The maximum absolute atomic E-state index is 12.2. The predicted octanol–water partition coefficient (Wildman–Crippen LogP) is 1.05. The Morgan fingerprint density at radius 1 is 1.48 bits per heavy atom. The average Bonchev–Trinajstić information content (AvgIpc) is 2.56. The molecule has 0 spiro atoms. The van der Waals surface area contributed by atoms with Gasteiger partial charge in [0.1, 0.15) is 11.8 Å². The van der Waals surface area contributed by atoms with Crippen LogP contribution in [-0.2, 0) is 9.53 Å². The number of carbonyl (C=O) groups is 1. The number of morpholine rings is 1. The molecule has 1 aromatic rings. The molecule has 1 aliphatic rings. The number of nitrogens with one attached hydrogen (secondary N) is 1. The lowest BCUT2D eigenvalue weighted by molar-refractivity contribution is -0.384. The molecule has 1 amide bonds. The Morgan fingerprint density at radius 3 is 2.78 bits per heavy atom. The van der Waals surface area contributed by atoms with Gasteiger partial charge in [-0.2, -0.15) is 10.4 Å². The highest BCUT2D eigenvalue weighted by Crippen LogP contribution is 2.25. The highest BCUT2D eigenvalue weighted by Gasteiger charge is 2.22. The SMILES string of the molecule is Cc1ccc(N/N=C(\C#N)C(=O)N2CCOCC2)c([N+](=O)[O-])c1. The molecule has 1 aromatic carbocycles. The minimum atomic E-state index is -0.555. The number of amides is 1. The number of carbonyl (C=O) groups excluding carboxylic acids is 1. The van der Waals surface area contributed by atoms with Gasteiger partial charge in [-0.25, -0.2) is 0 Å². The van der Waals surface area contributed by atoms with E-state index in [9.17, 15) is 14.9 Å². The van der Waals surface area contributed by atoms with Gasteiger partial charge in [-0.1, -0.05) is 6.07 Å². The molecule has 1 aliphatic heterocycles. The first kappa shape index (κ1) is 16.4. The van der Waals surface area contributed by atoms with Crippen molar-refractivity contribution < 1.29 is 14.5 Å². The van der Waals surface area contributed by atoms with Gasteiger partial charge in [-0.15, -0.1) is 0 Å². The van der Waals surface area contributed by atoms with Gasteiger partial charge >= 0.3 is 0 Å². The lowest BCUT2D eigenvalue weighted by Crippen LogP contribution is -2.44. The smallest absolute Gasteiger partial charge is 0.294 e. The van der Waals surface area contributed by atoms with Crippen molar-refractivity contribution in [3.63, 3.8) is 0 Å². The van der Waals surface area contributed by atoms with Gasteiger partial charge in [0.15, 0.2) is 0 Å². The molecule has 0 aliphatic carbocycles. The van der Waals surface area contributed by atoms with Crippen molar-refractivity contribution >= 4 is 23.0 Å². The Labute approximate surface area is 132 Å². The van der Waals surface area contributed by atoms with Crippen molar-refractivity contribution in [3.8, 4) is 6.07 Å². The number of nitrogens with zero attached hydrogens (tertiary/aromatic N) is 4. The molecule has 0 radical (unpaired) electrons. The fraction of sp³-hybridized carbons (Fsp3) is 0.357. The van der Waals surface area contributed by atoms with Crippen molar-refractivity contribution in [1.82, 2.24) is 4.90 Å². The number of nitro benzene ring substituents is 1. The zero-order chi connectivity index (χ0) is 16.8. The van der Waals surface area contributed by atoms with Crippen LogP contribution in [0.2, 0.25) is 0 Å². The lowest BCUT2D eigenvalue weighted by atomic mass is 10.2. The van der Waals surface area contributed by atoms with Crippen LogP contribution in [0.1, 0.15) is 5.56 Å². The largest absolute Gasteiger partial charge is 0.378 e. The predicted molar refractivity (Wildman–Crippen MR) is 81.9 cm³/mol. The molecule has 9 nitrogen and oxygen atoms in total. The van der Waals surface area contributed by atoms with Gasteiger partial charge in [0.05, 0.1) is 18.1 Å². The van der Waals surface area contributed by atoms with Gasteiger partial charge in [-0.05, 0) is 18.6 Å². The summed E-state index contributed by atoms with van der Waals surface area (Å²) in [5.41, 5.74) is 2.73. The van der Waals surface area contributed by atoms with E-state index in [0.29, 0.717) is 26.3 Å². The van der Waals surface area contributed by atoms with Crippen LogP contribution in [0.15, 0.2) is 23.3 Å². The van der Waals surface area contributed by atoms with E-state index in [1.165, 1.54) is 17.0 Å². The third-order valence-electron chi connectivity index (χ3n) is 3.24. The molecule has 120 valence electrons. The Hall–Kier alpha value is -2.99. The molecule has 1 heterocycles. The number of hydrogen-bond acceptors (Lipinski definition) is 7. The van der Waals surface area contributed by atoms with E-state index in [-0.39, 0.29) is 17.1 Å². The summed E-state index contributed by atoms with van der Waals surface area (Å²) in [5.74, 6) is -0.530. The summed E-state index contributed by atoms with van der Waals surface area (Å²) in [6, 6.07) is 6.24. The first-order valence-electron chi connectivity index (χ1n) is 6.89. The quantitative estimate of drug-likeness (QED) is 0.503. The summed E-state index contributed by atoms with van der Waals surface area (Å²) in [7, 11) is 0. The first-order chi connectivity index (χ1) is 11.0. The Balaban J connectivity index is 2.18. The highest BCUT2D eigenvalue weighted by atomic mass is 16.6. The number of nitro groups is 1. The fourth-order valence-corrected chi connectivity index (χ4v) is 2.04. The van der Waals surface area contributed by atoms with Crippen molar-refractivity contribution in [2.24, 2.45) is 5.10 Å². The number of nitriles is 1. The van der Waals surface area contributed by atoms with Crippen LogP contribution in [0.25, 0.3) is 0 Å². The maximum Gasteiger partial charge on any atom is 0.294 e. The molecule has 1 N–H and O–H groups in total. The Morgan fingerprint density at radius 2 is 2.17 bits per heavy atom. The second-order valence-electron chi connectivity index (χ2n) is 4.87. The number of ether oxygens (including phenoxy) is 1. The number of benzene rings is 1. The maximum atomic E-state index is 12.2. The van der Waals surface area contributed by atoms with Crippen molar-refractivity contribution in [2.75, 3.05) is 31.7 Å². The molecule has 0 aromatic heterocycles. The Bertz CT molecular complexity index is 689. The van der Waals surface area contributed by atoms with Crippen LogP contribution >= 0.6 is 0 Å². The number of hydrazone groups is 1. The fourth-order valence-electron chi connectivity index (χ4n) is 2.04. The summed E-state index contributed by atoms with van der Waals surface area (Å²) in [6.45, 7) is 3.29. The van der Waals surface area contributed by atoms with Crippen molar-refractivity contribution in [1.29, 1.82) is 5.26 Å². The van der Waals surface area contributed by atoms with Crippen LogP contribution < -0.4 is 5.43 Å². The monoisotopic (exact) mass is 317 g/mol. The molecular formula is C14H15N5O4. The van der Waals surface area contributed by atoms with Gasteiger partial charge in [0.2, 0.25) is 5.71 Å². The topological polar surface area (TPSA) is 121 Å². The van der Waals surface area contributed by atoms with Gasteiger partial charge in [0.25, 0.3) is 11.6 Å². The summed E-state index contributed by atoms with van der Waals surface area (Å²) in [5, 5.41) is 23.9. The normalized spacial score (nSPS) is 15.0. The number of aryl methyl sites for hydroxylation is 1. The van der Waals surface area contributed by atoms with E-state index in [1.807, 2.05) is 0 Å². The molecule has 0 bridgehead atoms. The lowest BCUT2D eigenvalue weighted by Gasteiger charge is -2.25. The van der Waals surface area contributed by atoms with Gasteiger partial charge in [-0.3, -0.25) is 20.3 Å². The van der Waals surface area contributed by atoms with Crippen LogP contribution in [0.5, 0.6) is 0 Å². The molecule has 1 fully saturated rings. The summed E-state index contributed by atoms with van der Waals surface area (Å²) < 4.78 is 5.14. The second-order valence-corrected chi connectivity index (χ2v) is 4.87. The highest BCUT2D eigenvalue weighted by molar-refractivity contribution is 6.45. The van der Waals surface area contributed by atoms with Crippen LogP contribution in [0, 0.1) is 28.4 Å². The molecule has 2 rings (SSSR count). The summed E-state index contributed by atoms with van der Waals surface area (Å²) >= 11 is 0. The van der Waals surface area contributed by atoms with Crippen molar-refractivity contribution in [2.45, 2.75) is 6.92 Å². The molecule has 0 saturated carbocycles. The molecule has 23 heavy (non-hydrogen) atoms. The van der Waals surface area contributed by atoms with E-state index in [0.717, 1.165) is 5.56 Å². The first-order valence-corrected chi connectivity index (χ1v) is 6.89. The molecule has 9 heteroatoms. The minimum Gasteiger partial charge on any atom is -0.378 e. The summed E-state index contributed by atoms with van der Waals surface area (Å²) in [6.07, 6.45) is 0. The molecular weight excluding hydrogens is 302 g/mol. The summed E-state index contributed by atoms with van der Waals surface area (Å²) in [4.78, 5) is 24.1. The van der Waals surface area contributed by atoms with Crippen LogP contribution in [0.3, 0.4) is 0 Å². The van der Waals surface area contributed by atoms with Gasteiger partial charge in [0, 0.05) is 19.2 Å². The van der Waals surface area contributed by atoms with Gasteiger partial charge < -0.3 is 9.64 Å².